The van der Waals surface area contributed by atoms with E-state index in [1.807, 2.05) is 0 Å². The number of fused-ring (bicyclic) bond motifs is 2. The smallest absolute Gasteiger partial charge is 0.229 e. The molecule has 4 rings (SSSR count). The Kier molecular flexibility index (Phi) is 5.37. The molecule has 0 spiro atoms. The van der Waals surface area contributed by atoms with Gasteiger partial charge in [-0.15, -0.1) is 0 Å². The van der Waals surface area contributed by atoms with E-state index >= 15 is 0 Å². The first-order valence-corrected chi connectivity index (χ1v) is 9.23. The van der Waals surface area contributed by atoms with E-state index in [0.29, 0.717) is 0 Å². The molecule has 166 valence electrons. The molecule has 0 radical (unpaired) electrons. The third-order valence-corrected chi connectivity index (χ3v) is 5.15. The third-order valence-electron chi connectivity index (χ3n) is 5.15. The van der Waals surface area contributed by atoms with Gasteiger partial charge in [-0.05, 0) is 12.1 Å². The van der Waals surface area contributed by atoms with Crippen molar-refractivity contribution in [1.82, 2.24) is 0 Å². The Balaban J connectivity index is 1.87. The average molecular weight is 436 g/mol. The zero-order valence-electron chi connectivity index (χ0n) is 16.1. The van der Waals surface area contributed by atoms with Gasteiger partial charge in [-0.2, -0.15) is 0 Å². The van der Waals surface area contributed by atoms with Gasteiger partial charge in [0.2, 0.25) is 11.7 Å². The maximum absolute atomic E-state index is 13.2. The fourth-order valence-electron chi connectivity index (χ4n) is 3.50. The highest BCUT2D eigenvalue weighted by molar-refractivity contribution is 5.97. The molecule has 31 heavy (non-hydrogen) atoms. The zero-order valence-corrected chi connectivity index (χ0v) is 16.1. The summed E-state index contributed by atoms with van der Waals surface area (Å²) in [5, 5.41) is 59.5. The highest BCUT2D eigenvalue weighted by Gasteiger charge is 2.45. The highest BCUT2D eigenvalue weighted by Crippen LogP contribution is 2.38. The normalized spacial score (nSPS) is 26.3. The predicted octanol–water partition coefficient (Wildman–Crippen LogP) is -0.455. The minimum Gasteiger partial charge on any atom is -0.507 e. The molecule has 0 amide bonds. The molecule has 1 aliphatic rings. The number of aromatic hydroxyl groups is 2. The van der Waals surface area contributed by atoms with Crippen LogP contribution >= 0.6 is 0 Å². The fourth-order valence-corrected chi connectivity index (χ4v) is 3.50. The van der Waals surface area contributed by atoms with Crippen LogP contribution in [0.3, 0.4) is 0 Å². The first kappa shape index (κ1) is 21.2. The lowest BCUT2D eigenvalue weighted by atomic mass is 9.99. The van der Waals surface area contributed by atoms with Crippen molar-refractivity contribution in [2.75, 3.05) is 13.7 Å². The van der Waals surface area contributed by atoms with Crippen molar-refractivity contribution < 1.29 is 49.3 Å². The van der Waals surface area contributed by atoms with Gasteiger partial charge in [-0.25, -0.2) is 0 Å². The number of ether oxygens (including phenoxy) is 3. The Hall–Kier alpha value is -3.09. The van der Waals surface area contributed by atoms with Crippen molar-refractivity contribution in [3.63, 3.8) is 0 Å². The van der Waals surface area contributed by atoms with Crippen LogP contribution in [-0.2, 0) is 4.74 Å². The van der Waals surface area contributed by atoms with E-state index in [4.69, 9.17) is 18.6 Å². The predicted molar refractivity (Wildman–Crippen MR) is 104 cm³/mol. The second kappa shape index (κ2) is 7.87. The molecule has 2 heterocycles. The Morgan fingerprint density at radius 1 is 0.968 bits per heavy atom. The Bertz CT molecular complexity index is 1190. The van der Waals surface area contributed by atoms with Crippen molar-refractivity contribution in [2.24, 2.45) is 0 Å². The van der Waals surface area contributed by atoms with Gasteiger partial charge in [0.25, 0.3) is 0 Å². The van der Waals surface area contributed by atoms with E-state index in [1.165, 1.54) is 31.4 Å². The summed E-state index contributed by atoms with van der Waals surface area (Å²) in [4.78, 5) is 13.2. The van der Waals surface area contributed by atoms with Gasteiger partial charge in [0.15, 0.2) is 11.5 Å². The van der Waals surface area contributed by atoms with Gasteiger partial charge in [-0.1, -0.05) is 0 Å². The summed E-state index contributed by atoms with van der Waals surface area (Å²) in [5.74, 6) is -1.12. The van der Waals surface area contributed by atoms with Crippen LogP contribution in [0.25, 0.3) is 21.9 Å². The SMILES string of the molecule is COc1cc(O)c2c(=O)c3c(O[C@H]4O[C@H](CO)[C@@H](O)[C@H](O)[C@H]4O)c(O)ccc3oc2c1. The van der Waals surface area contributed by atoms with Crippen LogP contribution in [0.1, 0.15) is 0 Å². The number of hydrogen-bond acceptors (Lipinski definition) is 11. The van der Waals surface area contributed by atoms with Gasteiger partial charge in [0.05, 0.1) is 13.7 Å². The number of benzene rings is 2. The molecular formula is C20H20O11. The van der Waals surface area contributed by atoms with E-state index in [2.05, 4.69) is 0 Å². The highest BCUT2D eigenvalue weighted by atomic mass is 16.7. The minimum atomic E-state index is -1.77. The number of aliphatic hydroxyl groups is 4. The monoisotopic (exact) mass is 436 g/mol. The molecule has 0 saturated carbocycles. The first-order chi connectivity index (χ1) is 14.8. The van der Waals surface area contributed by atoms with Crippen molar-refractivity contribution >= 4 is 21.9 Å². The molecule has 2 aromatic carbocycles. The maximum Gasteiger partial charge on any atom is 0.229 e. The third kappa shape index (κ3) is 3.42. The number of aliphatic hydroxyl groups excluding tert-OH is 4. The quantitative estimate of drug-likeness (QED) is 0.292. The van der Waals surface area contributed by atoms with E-state index in [1.54, 1.807) is 0 Å². The van der Waals surface area contributed by atoms with Gasteiger partial charge < -0.3 is 49.3 Å². The molecule has 0 bridgehead atoms. The van der Waals surface area contributed by atoms with Crippen LogP contribution in [0.15, 0.2) is 33.5 Å². The van der Waals surface area contributed by atoms with Crippen molar-refractivity contribution in [3.05, 3.63) is 34.5 Å². The average Bonchev–Trinajstić information content (AvgIpc) is 2.75. The van der Waals surface area contributed by atoms with E-state index in [9.17, 15) is 35.4 Å². The minimum absolute atomic E-state index is 0.0115. The first-order valence-electron chi connectivity index (χ1n) is 9.23. The number of hydrogen-bond donors (Lipinski definition) is 6. The van der Waals surface area contributed by atoms with Crippen molar-refractivity contribution in [3.8, 4) is 23.0 Å². The second-order valence-corrected chi connectivity index (χ2v) is 7.05. The number of rotatable bonds is 4. The molecule has 11 nitrogen and oxygen atoms in total. The van der Waals surface area contributed by atoms with Crippen LogP contribution in [0.5, 0.6) is 23.0 Å². The van der Waals surface area contributed by atoms with Gasteiger partial charge >= 0.3 is 0 Å². The van der Waals surface area contributed by atoms with Crippen LogP contribution < -0.4 is 14.9 Å². The summed E-state index contributed by atoms with van der Waals surface area (Å²) in [6.07, 6.45) is -8.00. The Morgan fingerprint density at radius 2 is 1.71 bits per heavy atom. The second-order valence-electron chi connectivity index (χ2n) is 7.05. The standard InChI is InChI=1S/C20H20O11/c1-28-7-4-9(23)13-11(5-7)29-10-3-2-8(22)19(14(10)16(13)25)31-20-18(27)17(26)15(24)12(6-21)30-20/h2-5,12,15,17-18,20-24,26-27H,6H2,1H3/t12-,15-,17+,18-,20-/m1/s1. The number of phenols is 2. The summed E-state index contributed by atoms with van der Waals surface area (Å²) in [6, 6.07) is 5.10. The van der Waals surface area contributed by atoms with E-state index in [0.717, 1.165) is 0 Å². The summed E-state index contributed by atoms with van der Waals surface area (Å²) in [7, 11) is 1.38. The zero-order chi connectivity index (χ0) is 22.4. The number of phenolic OH excluding ortho intramolecular Hbond substituents is 2. The Morgan fingerprint density at radius 3 is 2.39 bits per heavy atom. The van der Waals surface area contributed by atoms with E-state index in [-0.39, 0.29) is 27.7 Å². The van der Waals surface area contributed by atoms with Crippen LogP contribution in [0, 0.1) is 0 Å². The topological polar surface area (TPSA) is 179 Å². The lowest BCUT2D eigenvalue weighted by Crippen LogP contribution is -2.60. The molecule has 1 saturated heterocycles. The number of methoxy groups -OCH3 is 1. The summed E-state index contributed by atoms with van der Waals surface area (Å²) < 4.78 is 21.5. The molecule has 0 unspecified atom stereocenters. The molecule has 3 aromatic rings. The van der Waals surface area contributed by atoms with Crippen LogP contribution in [0.2, 0.25) is 0 Å². The summed E-state index contributed by atoms with van der Waals surface area (Å²) in [5.41, 5.74) is -0.728. The van der Waals surface area contributed by atoms with Gasteiger partial charge in [-0.3, -0.25) is 4.79 Å². The maximum atomic E-state index is 13.2. The lowest BCUT2D eigenvalue weighted by Gasteiger charge is -2.39. The van der Waals surface area contributed by atoms with E-state index < -0.39 is 60.0 Å². The summed E-state index contributed by atoms with van der Waals surface area (Å²) >= 11 is 0. The lowest BCUT2D eigenvalue weighted by molar-refractivity contribution is -0.277. The molecule has 1 aromatic heterocycles. The van der Waals surface area contributed by atoms with Crippen molar-refractivity contribution in [2.45, 2.75) is 30.7 Å². The molecule has 5 atom stereocenters. The molecule has 1 fully saturated rings. The van der Waals surface area contributed by atoms with Crippen LogP contribution in [-0.4, -0.2) is 75.1 Å². The molecule has 0 aliphatic carbocycles. The molecule has 11 heteroatoms. The summed E-state index contributed by atoms with van der Waals surface area (Å²) in [6.45, 7) is -0.686. The van der Waals surface area contributed by atoms with Crippen LogP contribution in [0.4, 0.5) is 0 Å². The molecular weight excluding hydrogens is 416 g/mol. The van der Waals surface area contributed by atoms with Gasteiger partial charge in [0.1, 0.15) is 57.9 Å². The fraction of sp³-hybridized carbons (Fsp3) is 0.350. The van der Waals surface area contributed by atoms with Gasteiger partial charge in [0, 0.05) is 12.1 Å². The molecule has 6 N–H and O–H groups in total. The largest absolute Gasteiger partial charge is 0.507 e. The Labute approximate surface area is 173 Å². The van der Waals surface area contributed by atoms with Crippen molar-refractivity contribution in [1.29, 1.82) is 0 Å². The molecule has 1 aliphatic heterocycles.